The molecule has 0 aliphatic rings. The zero-order chi connectivity index (χ0) is 36.0. The topological polar surface area (TPSA) is 64.7 Å². The predicted octanol–water partition coefficient (Wildman–Crippen LogP) is 11.3. The van der Waals surface area contributed by atoms with Crippen LogP contribution in [0.1, 0.15) is 60.9 Å². The second-order valence-corrected chi connectivity index (χ2v) is 13.9. The number of benzene rings is 6. The van der Waals surface area contributed by atoms with Crippen LogP contribution in [0, 0.1) is 0 Å². The summed E-state index contributed by atoms with van der Waals surface area (Å²) in [5, 5.41) is 5.87. The molecule has 0 heterocycles. The van der Waals surface area contributed by atoms with Crippen molar-refractivity contribution in [3.05, 3.63) is 174 Å². The van der Waals surface area contributed by atoms with Crippen LogP contribution in [0.4, 0.5) is 39.8 Å². The van der Waals surface area contributed by atoms with Crippen molar-refractivity contribution in [2.45, 2.75) is 46.1 Å². The van der Waals surface area contributed by atoms with Crippen molar-refractivity contribution in [3.63, 3.8) is 0 Å². The van der Waals surface area contributed by atoms with Crippen molar-refractivity contribution in [2.24, 2.45) is 0 Å². The average molecular weight is 673 g/mol. The van der Waals surface area contributed by atoms with Gasteiger partial charge in [0.1, 0.15) is 0 Å². The normalized spacial score (nSPS) is 11.2. The quantitative estimate of drug-likeness (QED) is 0.152. The first kappa shape index (κ1) is 34.7. The van der Waals surface area contributed by atoms with E-state index in [0.29, 0.717) is 16.8 Å². The predicted molar refractivity (Wildman–Crippen MR) is 212 cm³/mol. The molecule has 0 saturated carbocycles. The highest BCUT2D eigenvalue weighted by atomic mass is 16.2. The fourth-order valence-electron chi connectivity index (χ4n) is 5.95. The van der Waals surface area contributed by atoms with Crippen molar-refractivity contribution in [1.82, 2.24) is 5.32 Å². The molecular weight excluding hydrogens is 629 g/mol. The molecule has 0 spiro atoms. The van der Waals surface area contributed by atoms with E-state index in [2.05, 4.69) is 138 Å². The Balaban J connectivity index is 1.30. The minimum Gasteiger partial charge on any atom is -0.350 e. The van der Waals surface area contributed by atoms with E-state index in [1.54, 1.807) is 24.3 Å². The molecule has 0 saturated heterocycles. The van der Waals surface area contributed by atoms with Gasteiger partial charge in [-0.15, -0.1) is 0 Å². The van der Waals surface area contributed by atoms with E-state index in [1.165, 1.54) is 5.56 Å². The molecule has 0 aromatic heterocycles. The van der Waals surface area contributed by atoms with Crippen LogP contribution in [0.25, 0.3) is 0 Å². The van der Waals surface area contributed by atoms with Crippen LogP contribution in [0.2, 0.25) is 0 Å². The SMILES string of the molecule is CC(C)NC(=O)c1cccc(C(=O)Nc2ccc(N(c3ccc(N(c4ccccc4)c4ccccc4)cc3)c3ccc(C(C)(C)C)cc3)cc2)c1. The highest BCUT2D eigenvalue weighted by Gasteiger charge is 2.19. The van der Waals surface area contributed by atoms with Crippen LogP contribution < -0.4 is 20.4 Å². The molecule has 0 aliphatic carbocycles. The second-order valence-electron chi connectivity index (χ2n) is 13.9. The Kier molecular flexibility index (Phi) is 10.3. The number of nitrogens with one attached hydrogen (secondary N) is 2. The van der Waals surface area contributed by atoms with Gasteiger partial charge in [-0.25, -0.2) is 0 Å². The molecule has 0 bridgehead atoms. The summed E-state index contributed by atoms with van der Waals surface area (Å²) in [6.45, 7) is 10.5. The molecule has 6 aromatic rings. The Bertz CT molecular complexity index is 2030. The van der Waals surface area contributed by atoms with Gasteiger partial charge in [0.25, 0.3) is 11.8 Å². The highest BCUT2D eigenvalue weighted by Crippen LogP contribution is 2.39. The molecular formula is C45H44N4O2. The molecule has 0 atom stereocenters. The van der Waals surface area contributed by atoms with Crippen LogP contribution in [-0.4, -0.2) is 17.9 Å². The number of carbonyl (C=O) groups is 2. The molecule has 6 aromatic carbocycles. The Hall–Kier alpha value is -6.14. The summed E-state index contributed by atoms with van der Waals surface area (Å²) >= 11 is 0. The number of nitrogens with zero attached hydrogens (tertiary/aromatic N) is 2. The van der Waals surface area contributed by atoms with Crippen LogP contribution in [0.5, 0.6) is 0 Å². The summed E-state index contributed by atoms with van der Waals surface area (Å²) in [6, 6.07) is 52.6. The summed E-state index contributed by atoms with van der Waals surface area (Å²) in [4.78, 5) is 30.2. The van der Waals surface area contributed by atoms with Gasteiger partial charge in [0.2, 0.25) is 0 Å². The molecule has 2 N–H and O–H groups in total. The van der Waals surface area contributed by atoms with Crippen molar-refractivity contribution >= 4 is 51.6 Å². The number of carbonyl (C=O) groups excluding carboxylic acids is 2. The third kappa shape index (κ3) is 8.36. The summed E-state index contributed by atoms with van der Waals surface area (Å²) in [5.41, 5.74) is 8.96. The van der Waals surface area contributed by atoms with Gasteiger partial charge in [0, 0.05) is 57.0 Å². The Morgan fingerprint density at radius 2 is 0.882 bits per heavy atom. The monoisotopic (exact) mass is 672 g/mol. The van der Waals surface area contributed by atoms with E-state index in [-0.39, 0.29) is 23.3 Å². The molecule has 0 unspecified atom stereocenters. The van der Waals surface area contributed by atoms with Crippen LogP contribution >= 0.6 is 0 Å². The second kappa shape index (κ2) is 15.2. The molecule has 0 aliphatic heterocycles. The lowest BCUT2D eigenvalue weighted by molar-refractivity contribution is 0.0943. The van der Waals surface area contributed by atoms with Crippen molar-refractivity contribution in [2.75, 3.05) is 15.1 Å². The maximum absolute atomic E-state index is 13.2. The Morgan fingerprint density at radius 3 is 1.31 bits per heavy atom. The molecule has 0 fully saturated rings. The zero-order valence-electron chi connectivity index (χ0n) is 29.8. The van der Waals surface area contributed by atoms with Crippen molar-refractivity contribution < 1.29 is 9.59 Å². The van der Waals surface area contributed by atoms with Gasteiger partial charge >= 0.3 is 0 Å². The number of para-hydroxylation sites is 2. The number of amides is 2. The lowest BCUT2D eigenvalue weighted by atomic mass is 9.87. The van der Waals surface area contributed by atoms with E-state index in [9.17, 15) is 9.59 Å². The van der Waals surface area contributed by atoms with Crippen molar-refractivity contribution in [1.29, 1.82) is 0 Å². The first-order chi connectivity index (χ1) is 24.6. The maximum atomic E-state index is 13.2. The lowest BCUT2D eigenvalue weighted by Crippen LogP contribution is -2.30. The molecule has 256 valence electrons. The van der Waals surface area contributed by atoms with E-state index < -0.39 is 0 Å². The summed E-state index contributed by atoms with van der Waals surface area (Å²) in [6.07, 6.45) is 0. The van der Waals surface area contributed by atoms with Crippen LogP contribution in [0.3, 0.4) is 0 Å². The van der Waals surface area contributed by atoms with E-state index in [1.807, 2.05) is 50.2 Å². The molecule has 6 rings (SSSR count). The molecule has 0 radical (unpaired) electrons. The molecule has 2 amide bonds. The third-order valence-electron chi connectivity index (χ3n) is 8.58. The standard InChI is InChI=1S/C45H44N4O2/c1-32(2)46-43(50)33-13-12-14-34(31-33)44(51)47-36-21-25-40(26-22-36)49(39-23-19-35(20-24-39)45(3,4)5)42-29-27-41(28-30-42)48(37-15-8-6-9-16-37)38-17-10-7-11-18-38/h6-32H,1-5H3,(H,46,50)(H,47,51). The Labute approximate surface area is 301 Å². The van der Waals surface area contributed by atoms with Crippen LogP contribution in [0.15, 0.2) is 158 Å². The number of hydrogen-bond donors (Lipinski definition) is 2. The van der Waals surface area contributed by atoms with Gasteiger partial charge in [0.15, 0.2) is 0 Å². The van der Waals surface area contributed by atoms with E-state index >= 15 is 0 Å². The minimum absolute atomic E-state index is 0.000646. The summed E-state index contributed by atoms with van der Waals surface area (Å²) in [5.74, 6) is -0.492. The van der Waals surface area contributed by atoms with Gasteiger partial charge < -0.3 is 20.4 Å². The van der Waals surface area contributed by atoms with Gasteiger partial charge in [-0.05, 0) is 128 Å². The molecule has 6 heteroatoms. The fourth-order valence-corrected chi connectivity index (χ4v) is 5.95. The van der Waals surface area contributed by atoms with Gasteiger partial charge in [-0.1, -0.05) is 75.4 Å². The maximum Gasteiger partial charge on any atom is 0.255 e. The minimum atomic E-state index is -0.284. The third-order valence-corrected chi connectivity index (χ3v) is 8.58. The number of hydrogen-bond acceptors (Lipinski definition) is 4. The largest absolute Gasteiger partial charge is 0.350 e. The highest BCUT2D eigenvalue weighted by molar-refractivity contribution is 6.06. The van der Waals surface area contributed by atoms with E-state index in [0.717, 1.165) is 34.1 Å². The molecule has 51 heavy (non-hydrogen) atoms. The Morgan fingerprint density at radius 1 is 0.490 bits per heavy atom. The smallest absolute Gasteiger partial charge is 0.255 e. The van der Waals surface area contributed by atoms with Crippen LogP contribution in [-0.2, 0) is 5.41 Å². The summed E-state index contributed by atoms with van der Waals surface area (Å²) in [7, 11) is 0. The zero-order valence-corrected chi connectivity index (χ0v) is 29.8. The van der Waals surface area contributed by atoms with Gasteiger partial charge in [0.05, 0.1) is 0 Å². The summed E-state index contributed by atoms with van der Waals surface area (Å²) < 4.78 is 0. The van der Waals surface area contributed by atoms with E-state index in [4.69, 9.17) is 0 Å². The molecule has 6 nitrogen and oxygen atoms in total. The van der Waals surface area contributed by atoms with Crippen molar-refractivity contribution in [3.8, 4) is 0 Å². The number of rotatable bonds is 10. The first-order valence-electron chi connectivity index (χ1n) is 17.3. The fraction of sp³-hybridized carbons (Fsp3) is 0.156. The lowest BCUT2D eigenvalue weighted by Gasteiger charge is -2.29. The number of anilines is 7. The average Bonchev–Trinajstić information content (AvgIpc) is 3.14. The van der Waals surface area contributed by atoms with Gasteiger partial charge in [-0.2, -0.15) is 0 Å². The van der Waals surface area contributed by atoms with Gasteiger partial charge in [-0.3, -0.25) is 9.59 Å². The first-order valence-corrected chi connectivity index (χ1v) is 17.3.